The molecule has 4 aromatic carbocycles. The smallest absolute Gasteiger partial charge is 0.0736 e. The van der Waals surface area contributed by atoms with E-state index in [9.17, 15) is 0 Å². The van der Waals surface area contributed by atoms with E-state index in [0.29, 0.717) is 0 Å². The molecule has 28 heavy (non-hydrogen) atoms. The van der Waals surface area contributed by atoms with Crippen LogP contribution in [0.2, 0.25) is 0 Å². The molecule has 0 saturated carbocycles. The first-order valence-corrected chi connectivity index (χ1v) is 11.6. The van der Waals surface area contributed by atoms with Crippen LogP contribution in [0.1, 0.15) is 22.3 Å². The van der Waals surface area contributed by atoms with E-state index in [1.54, 1.807) is 0 Å². The number of hydrogen-bond donors (Lipinski definition) is 0. The highest BCUT2D eigenvalue weighted by Gasteiger charge is 2.50. The molecule has 1 aliphatic heterocycles. The van der Waals surface area contributed by atoms with Crippen LogP contribution in [0.25, 0.3) is 11.1 Å². The fourth-order valence-electron chi connectivity index (χ4n) is 4.84. The van der Waals surface area contributed by atoms with Gasteiger partial charge in [0.05, 0.1) is 5.41 Å². The van der Waals surface area contributed by atoms with Gasteiger partial charge in [-0.2, -0.15) is 0 Å². The molecule has 4 aromatic rings. The van der Waals surface area contributed by atoms with Gasteiger partial charge in [0, 0.05) is 18.7 Å². The third-order valence-electron chi connectivity index (χ3n) is 5.86. The molecule has 0 radical (unpaired) electrons. The molecule has 0 N–H and O–H groups in total. The summed E-state index contributed by atoms with van der Waals surface area (Å²) in [7, 11) is 0. The Morgan fingerprint density at radius 1 is 0.536 bits per heavy atom. The third kappa shape index (κ3) is 2.13. The lowest BCUT2D eigenvalue weighted by Crippen LogP contribution is -2.31. The van der Waals surface area contributed by atoms with Crippen molar-refractivity contribution in [1.82, 2.24) is 0 Å². The summed E-state index contributed by atoms with van der Waals surface area (Å²) in [6.07, 6.45) is 0. The summed E-state index contributed by atoms with van der Waals surface area (Å²) >= 11 is 9.36. The van der Waals surface area contributed by atoms with E-state index in [0.717, 1.165) is 8.95 Å². The predicted octanol–water partition coefficient (Wildman–Crippen LogP) is 8.04. The Balaban J connectivity index is 1.87. The van der Waals surface area contributed by atoms with E-state index in [1.807, 2.05) is 11.8 Å². The number of benzene rings is 4. The molecule has 0 unspecified atom stereocenters. The van der Waals surface area contributed by atoms with Gasteiger partial charge in [0.25, 0.3) is 0 Å². The monoisotopic (exact) mass is 504 g/mol. The Bertz CT molecular complexity index is 1180. The quantitative estimate of drug-likeness (QED) is 0.201. The zero-order chi connectivity index (χ0) is 18.9. The molecular weight excluding hydrogens is 492 g/mol. The van der Waals surface area contributed by atoms with Gasteiger partial charge in [-0.25, -0.2) is 0 Å². The Hall–Kier alpha value is -1.81. The van der Waals surface area contributed by atoms with Crippen LogP contribution in [-0.4, -0.2) is 0 Å². The Morgan fingerprint density at radius 2 is 1.00 bits per heavy atom. The lowest BCUT2D eigenvalue weighted by molar-refractivity contribution is 0.721. The SMILES string of the molecule is Brc1ccc2c(c1)C1(c3ccccc3Sc3ccccc31)c1cc(Br)ccc1-2. The van der Waals surface area contributed by atoms with Gasteiger partial charge in [-0.3, -0.25) is 0 Å². The van der Waals surface area contributed by atoms with Gasteiger partial charge in [-0.1, -0.05) is 92.2 Å². The number of hydrogen-bond acceptors (Lipinski definition) is 1. The molecular formula is C25H14Br2S. The van der Waals surface area contributed by atoms with Crippen molar-refractivity contribution in [2.75, 3.05) is 0 Å². The highest BCUT2D eigenvalue weighted by atomic mass is 79.9. The van der Waals surface area contributed by atoms with Crippen LogP contribution < -0.4 is 0 Å². The van der Waals surface area contributed by atoms with E-state index in [2.05, 4.69) is 117 Å². The fraction of sp³-hybridized carbons (Fsp3) is 0.0400. The molecule has 2 aliphatic rings. The Kier molecular flexibility index (Phi) is 3.72. The fourth-order valence-corrected chi connectivity index (χ4v) is 6.76. The summed E-state index contributed by atoms with van der Waals surface area (Å²) in [6.45, 7) is 0. The van der Waals surface area contributed by atoms with Crippen molar-refractivity contribution in [3.63, 3.8) is 0 Å². The maximum atomic E-state index is 3.74. The first kappa shape index (κ1) is 17.1. The van der Waals surface area contributed by atoms with Gasteiger partial charge in [0.1, 0.15) is 0 Å². The van der Waals surface area contributed by atoms with E-state index in [-0.39, 0.29) is 5.41 Å². The van der Waals surface area contributed by atoms with Gasteiger partial charge in [-0.05, 0) is 69.8 Å². The van der Waals surface area contributed by atoms with E-state index in [4.69, 9.17) is 0 Å². The molecule has 0 amide bonds. The minimum absolute atomic E-state index is 0.295. The third-order valence-corrected chi connectivity index (χ3v) is 8.00. The molecule has 3 heteroatoms. The summed E-state index contributed by atoms with van der Waals surface area (Å²) in [5.74, 6) is 0. The van der Waals surface area contributed by atoms with Crippen molar-refractivity contribution >= 4 is 43.6 Å². The minimum Gasteiger partial charge on any atom is -0.0894 e. The molecule has 0 bridgehead atoms. The van der Waals surface area contributed by atoms with Crippen LogP contribution in [-0.2, 0) is 5.41 Å². The largest absolute Gasteiger partial charge is 0.0894 e. The summed E-state index contributed by atoms with van der Waals surface area (Å²) < 4.78 is 2.23. The zero-order valence-electron chi connectivity index (χ0n) is 14.7. The molecule has 0 aromatic heterocycles. The first-order valence-electron chi connectivity index (χ1n) is 9.17. The number of rotatable bonds is 0. The Morgan fingerprint density at radius 3 is 1.50 bits per heavy atom. The molecule has 0 nitrogen and oxygen atoms in total. The zero-order valence-corrected chi connectivity index (χ0v) is 18.7. The van der Waals surface area contributed by atoms with Crippen LogP contribution in [0, 0.1) is 0 Å². The molecule has 0 atom stereocenters. The summed E-state index contributed by atoms with van der Waals surface area (Å²) in [5, 5.41) is 0. The normalized spacial score (nSPS) is 14.9. The number of halogens is 2. The van der Waals surface area contributed by atoms with Crippen molar-refractivity contribution in [2.45, 2.75) is 15.2 Å². The van der Waals surface area contributed by atoms with E-state index >= 15 is 0 Å². The second-order valence-electron chi connectivity index (χ2n) is 7.22. The van der Waals surface area contributed by atoms with Gasteiger partial charge < -0.3 is 0 Å². The molecule has 1 aliphatic carbocycles. The molecule has 1 spiro atoms. The van der Waals surface area contributed by atoms with Crippen LogP contribution >= 0.6 is 43.6 Å². The van der Waals surface area contributed by atoms with E-state index in [1.165, 1.54) is 43.2 Å². The average molecular weight is 506 g/mol. The summed E-state index contributed by atoms with van der Waals surface area (Å²) in [4.78, 5) is 2.67. The Labute approximate surface area is 185 Å². The van der Waals surface area contributed by atoms with Gasteiger partial charge in [-0.15, -0.1) is 0 Å². The van der Waals surface area contributed by atoms with Crippen LogP contribution in [0.15, 0.2) is 104 Å². The minimum atomic E-state index is -0.295. The van der Waals surface area contributed by atoms with Crippen LogP contribution in [0.4, 0.5) is 0 Å². The molecule has 6 rings (SSSR count). The van der Waals surface area contributed by atoms with Crippen molar-refractivity contribution in [3.8, 4) is 11.1 Å². The highest BCUT2D eigenvalue weighted by Crippen LogP contribution is 2.62. The van der Waals surface area contributed by atoms with Crippen LogP contribution in [0.3, 0.4) is 0 Å². The predicted molar refractivity (Wildman–Crippen MR) is 123 cm³/mol. The van der Waals surface area contributed by atoms with Gasteiger partial charge >= 0.3 is 0 Å². The maximum absolute atomic E-state index is 3.74. The average Bonchev–Trinajstić information content (AvgIpc) is 2.98. The van der Waals surface area contributed by atoms with Crippen molar-refractivity contribution in [3.05, 3.63) is 116 Å². The molecule has 1 heterocycles. The van der Waals surface area contributed by atoms with Crippen molar-refractivity contribution in [2.24, 2.45) is 0 Å². The highest BCUT2D eigenvalue weighted by molar-refractivity contribution is 9.10. The molecule has 0 saturated heterocycles. The molecule has 0 fully saturated rings. The lowest BCUT2D eigenvalue weighted by Gasteiger charge is -2.39. The topological polar surface area (TPSA) is 0 Å². The summed E-state index contributed by atoms with van der Waals surface area (Å²) in [6, 6.07) is 31.2. The number of fused-ring (bicyclic) bond motifs is 9. The lowest BCUT2D eigenvalue weighted by atomic mass is 9.67. The van der Waals surface area contributed by atoms with Crippen molar-refractivity contribution in [1.29, 1.82) is 0 Å². The van der Waals surface area contributed by atoms with Crippen LogP contribution in [0.5, 0.6) is 0 Å². The van der Waals surface area contributed by atoms with E-state index < -0.39 is 0 Å². The molecule has 134 valence electrons. The standard InChI is InChI=1S/C25H14Br2S/c26-15-9-11-17-18-12-10-16(27)14-22(18)25(21(17)13-15)19-5-1-3-7-23(19)28-24-8-4-2-6-20(24)25/h1-14H. The first-order chi connectivity index (χ1) is 13.7. The van der Waals surface area contributed by atoms with Crippen molar-refractivity contribution < 1.29 is 0 Å². The maximum Gasteiger partial charge on any atom is 0.0736 e. The van der Waals surface area contributed by atoms with Gasteiger partial charge in [0.15, 0.2) is 0 Å². The second kappa shape index (κ2) is 6.09. The second-order valence-corrected chi connectivity index (χ2v) is 10.1. The van der Waals surface area contributed by atoms with Gasteiger partial charge in [0.2, 0.25) is 0 Å². The summed E-state index contributed by atoms with van der Waals surface area (Å²) in [5.41, 5.74) is 7.80.